The molecule has 2 aromatic carbocycles. The topological polar surface area (TPSA) is 122 Å². The molecule has 0 aliphatic heterocycles. The van der Waals surface area contributed by atoms with Gasteiger partial charge in [0.15, 0.2) is 0 Å². The Bertz CT molecular complexity index is 1000. The van der Waals surface area contributed by atoms with Crippen molar-refractivity contribution in [3.8, 4) is 0 Å². The van der Waals surface area contributed by atoms with Crippen LogP contribution in [0.3, 0.4) is 0 Å². The van der Waals surface area contributed by atoms with Crippen molar-refractivity contribution in [3.63, 3.8) is 0 Å². The first-order valence-corrected chi connectivity index (χ1v) is 8.93. The van der Waals surface area contributed by atoms with Gasteiger partial charge in [0.1, 0.15) is 6.33 Å². The zero-order valence-corrected chi connectivity index (χ0v) is 16.0. The molecule has 0 saturated heterocycles. The summed E-state index contributed by atoms with van der Waals surface area (Å²) in [6.45, 7) is 0.349. The molecule has 1 amide bonds. The van der Waals surface area contributed by atoms with Crippen molar-refractivity contribution in [2.45, 2.75) is 6.54 Å². The van der Waals surface area contributed by atoms with E-state index in [0.717, 1.165) is 5.56 Å². The fourth-order valence-electron chi connectivity index (χ4n) is 2.38. The second-order valence-electron chi connectivity index (χ2n) is 5.57. The van der Waals surface area contributed by atoms with Crippen molar-refractivity contribution < 1.29 is 9.72 Å². The van der Waals surface area contributed by atoms with Crippen LogP contribution in [0.25, 0.3) is 0 Å². The van der Waals surface area contributed by atoms with Gasteiger partial charge in [-0.05, 0) is 33.6 Å². The molecule has 1 aromatic heterocycles. The standard InChI is InChI=1S/C18H15BrN6O3/c19-14-9-5-4-8-13(14)18(26)24-23-17-15(25(27)28)16(21-11-22-17)20-10-12-6-2-1-3-7-12/h1-9,11H,10H2,(H,24,26)(H2,20,21,22,23). The van der Waals surface area contributed by atoms with Gasteiger partial charge in [-0.25, -0.2) is 9.97 Å². The fraction of sp³-hybridized carbons (Fsp3) is 0.0556. The largest absolute Gasteiger partial charge is 0.360 e. The monoisotopic (exact) mass is 442 g/mol. The Morgan fingerprint density at radius 1 is 1.04 bits per heavy atom. The lowest BCUT2D eigenvalue weighted by molar-refractivity contribution is -0.383. The summed E-state index contributed by atoms with van der Waals surface area (Å²) < 4.78 is 0.594. The van der Waals surface area contributed by atoms with Gasteiger partial charge in [-0.15, -0.1) is 0 Å². The van der Waals surface area contributed by atoms with Gasteiger partial charge in [-0.3, -0.25) is 25.8 Å². The number of nitrogens with one attached hydrogen (secondary N) is 3. The SMILES string of the molecule is O=C(NNc1ncnc(NCc2ccccc2)c1[N+](=O)[O-])c1ccccc1Br. The molecule has 9 nitrogen and oxygen atoms in total. The van der Waals surface area contributed by atoms with Gasteiger partial charge >= 0.3 is 5.69 Å². The van der Waals surface area contributed by atoms with Crippen LogP contribution in [-0.4, -0.2) is 20.8 Å². The fourth-order valence-corrected chi connectivity index (χ4v) is 2.85. The summed E-state index contributed by atoms with van der Waals surface area (Å²) in [5.41, 5.74) is 5.85. The van der Waals surface area contributed by atoms with E-state index >= 15 is 0 Å². The number of hydrogen-bond donors (Lipinski definition) is 3. The molecular formula is C18H15BrN6O3. The predicted octanol–water partition coefficient (Wildman–Crippen LogP) is 3.52. The first-order chi connectivity index (χ1) is 13.6. The van der Waals surface area contributed by atoms with Crippen LogP contribution >= 0.6 is 15.9 Å². The highest BCUT2D eigenvalue weighted by molar-refractivity contribution is 9.10. The number of benzene rings is 2. The molecule has 28 heavy (non-hydrogen) atoms. The van der Waals surface area contributed by atoms with Crippen LogP contribution in [0.1, 0.15) is 15.9 Å². The van der Waals surface area contributed by atoms with Crippen molar-refractivity contribution >= 4 is 39.2 Å². The van der Waals surface area contributed by atoms with Crippen molar-refractivity contribution in [1.82, 2.24) is 15.4 Å². The molecule has 3 rings (SSSR count). The number of carbonyl (C=O) groups excluding carboxylic acids is 1. The molecule has 0 aliphatic rings. The van der Waals surface area contributed by atoms with Gasteiger partial charge in [0.2, 0.25) is 11.6 Å². The second-order valence-corrected chi connectivity index (χ2v) is 6.43. The molecule has 1 heterocycles. The minimum absolute atomic E-state index is 0.0430. The van der Waals surface area contributed by atoms with E-state index in [1.54, 1.807) is 24.3 Å². The van der Waals surface area contributed by atoms with Gasteiger partial charge in [0.05, 0.1) is 10.5 Å². The molecule has 0 saturated carbocycles. The lowest BCUT2D eigenvalue weighted by atomic mass is 10.2. The summed E-state index contributed by atoms with van der Waals surface area (Å²) >= 11 is 3.28. The zero-order valence-electron chi connectivity index (χ0n) is 14.4. The van der Waals surface area contributed by atoms with Crippen molar-refractivity contribution in [1.29, 1.82) is 0 Å². The number of anilines is 2. The third kappa shape index (κ3) is 4.60. The normalized spacial score (nSPS) is 10.2. The van der Waals surface area contributed by atoms with E-state index in [1.165, 1.54) is 6.33 Å². The quantitative estimate of drug-likeness (QED) is 0.377. The highest BCUT2D eigenvalue weighted by Gasteiger charge is 2.23. The minimum Gasteiger partial charge on any atom is -0.360 e. The summed E-state index contributed by atoms with van der Waals surface area (Å²) in [7, 11) is 0. The third-order valence-electron chi connectivity index (χ3n) is 3.72. The molecule has 0 fully saturated rings. The lowest BCUT2D eigenvalue weighted by Crippen LogP contribution is -2.30. The Morgan fingerprint density at radius 3 is 2.43 bits per heavy atom. The Hall–Kier alpha value is -3.53. The molecule has 0 spiro atoms. The lowest BCUT2D eigenvalue weighted by Gasteiger charge is -2.11. The number of aromatic nitrogens is 2. The Balaban J connectivity index is 1.76. The number of hydrazine groups is 1. The van der Waals surface area contributed by atoms with Gasteiger partial charge in [-0.2, -0.15) is 0 Å². The number of hydrogen-bond acceptors (Lipinski definition) is 7. The first kappa shape index (κ1) is 19.2. The maximum atomic E-state index is 12.3. The molecule has 0 atom stereocenters. The molecule has 10 heteroatoms. The number of nitro groups is 1. The van der Waals surface area contributed by atoms with E-state index in [0.29, 0.717) is 16.6 Å². The summed E-state index contributed by atoms with van der Waals surface area (Å²) in [6, 6.07) is 16.2. The smallest absolute Gasteiger partial charge is 0.354 e. The number of carbonyl (C=O) groups is 1. The van der Waals surface area contributed by atoms with Crippen LogP contribution in [0.5, 0.6) is 0 Å². The van der Waals surface area contributed by atoms with Crippen molar-refractivity contribution in [2.75, 3.05) is 10.7 Å². The zero-order chi connectivity index (χ0) is 19.9. The maximum Gasteiger partial charge on any atom is 0.354 e. The van der Waals surface area contributed by atoms with Crippen molar-refractivity contribution in [3.05, 3.63) is 86.6 Å². The molecule has 3 N–H and O–H groups in total. The van der Waals surface area contributed by atoms with E-state index in [4.69, 9.17) is 0 Å². The Labute approximate surface area is 168 Å². The third-order valence-corrected chi connectivity index (χ3v) is 4.41. The highest BCUT2D eigenvalue weighted by atomic mass is 79.9. The number of halogens is 1. The van der Waals surface area contributed by atoms with Gasteiger partial charge in [0.25, 0.3) is 5.91 Å². The van der Waals surface area contributed by atoms with Crippen LogP contribution < -0.4 is 16.2 Å². The molecular weight excluding hydrogens is 428 g/mol. The van der Waals surface area contributed by atoms with Gasteiger partial charge < -0.3 is 5.32 Å². The average molecular weight is 443 g/mol. The second kappa shape index (κ2) is 8.91. The van der Waals surface area contributed by atoms with Crippen molar-refractivity contribution in [2.24, 2.45) is 0 Å². The van der Waals surface area contributed by atoms with Crippen LogP contribution in [-0.2, 0) is 6.54 Å². The van der Waals surface area contributed by atoms with Crippen LogP contribution in [0.2, 0.25) is 0 Å². The van der Waals surface area contributed by atoms with Crippen LogP contribution in [0.4, 0.5) is 17.3 Å². The first-order valence-electron chi connectivity index (χ1n) is 8.14. The van der Waals surface area contributed by atoms with Crippen LogP contribution in [0, 0.1) is 10.1 Å². The molecule has 0 radical (unpaired) electrons. The maximum absolute atomic E-state index is 12.3. The summed E-state index contributed by atoms with van der Waals surface area (Å²) in [6.07, 6.45) is 1.17. The van der Waals surface area contributed by atoms with E-state index in [-0.39, 0.29) is 17.3 Å². The number of rotatable bonds is 7. The Morgan fingerprint density at radius 2 is 1.71 bits per heavy atom. The molecule has 3 aromatic rings. The van der Waals surface area contributed by atoms with Gasteiger partial charge in [-0.1, -0.05) is 42.5 Å². The summed E-state index contributed by atoms with van der Waals surface area (Å²) in [4.78, 5) is 31.0. The van der Waals surface area contributed by atoms with Crippen LogP contribution in [0.15, 0.2) is 65.4 Å². The van der Waals surface area contributed by atoms with E-state index in [2.05, 4.69) is 42.1 Å². The summed E-state index contributed by atoms with van der Waals surface area (Å²) in [5.74, 6) is -0.559. The van der Waals surface area contributed by atoms with Gasteiger partial charge in [0, 0.05) is 11.0 Å². The van der Waals surface area contributed by atoms with E-state index in [9.17, 15) is 14.9 Å². The number of amides is 1. The minimum atomic E-state index is -0.611. The number of nitrogens with zero attached hydrogens (tertiary/aromatic N) is 3. The highest BCUT2D eigenvalue weighted by Crippen LogP contribution is 2.28. The average Bonchev–Trinajstić information content (AvgIpc) is 2.71. The molecule has 142 valence electrons. The Kier molecular flexibility index (Phi) is 6.12. The summed E-state index contributed by atoms with van der Waals surface area (Å²) in [5, 5.41) is 14.5. The molecule has 0 unspecified atom stereocenters. The molecule has 0 aliphatic carbocycles. The van der Waals surface area contributed by atoms with E-state index < -0.39 is 10.8 Å². The molecule has 0 bridgehead atoms. The van der Waals surface area contributed by atoms with E-state index in [1.807, 2.05) is 30.3 Å². The predicted molar refractivity (Wildman–Crippen MR) is 108 cm³/mol.